The molecule has 0 spiro atoms. The molecule has 2 heteroatoms. The van der Waals surface area contributed by atoms with Gasteiger partial charge in [0.15, 0.2) is 0 Å². The summed E-state index contributed by atoms with van der Waals surface area (Å²) in [7, 11) is 4.16. The zero-order valence-corrected chi connectivity index (χ0v) is 9.38. The Balaban J connectivity index is 2.83. The van der Waals surface area contributed by atoms with Gasteiger partial charge in [0.1, 0.15) is 0 Å². The predicted octanol–water partition coefficient (Wildman–Crippen LogP) is 1.95. The van der Waals surface area contributed by atoms with Gasteiger partial charge in [0, 0.05) is 19.8 Å². The molecule has 0 heterocycles. The van der Waals surface area contributed by atoms with Crippen LogP contribution in [-0.2, 0) is 6.42 Å². The van der Waals surface area contributed by atoms with Crippen LogP contribution in [0, 0.1) is 6.92 Å². The smallest absolute Gasteiger partial charge is 0.0393 e. The van der Waals surface area contributed by atoms with Gasteiger partial charge in [0.25, 0.3) is 0 Å². The summed E-state index contributed by atoms with van der Waals surface area (Å²) in [5.41, 5.74) is 9.50. The Morgan fingerprint density at radius 1 is 1.29 bits per heavy atom. The van der Waals surface area contributed by atoms with E-state index in [1.165, 1.54) is 16.8 Å². The molecule has 0 amide bonds. The number of anilines is 1. The van der Waals surface area contributed by atoms with Crippen molar-refractivity contribution in [1.29, 1.82) is 0 Å². The summed E-state index contributed by atoms with van der Waals surface area (Å²) >= 11 is 0. The number of nitrogens with zero attached hydrogens (tertiary/aromatic N) is 1. The quantitative estimate of drug-likeness (QED) is 0.790. The third-order valence-electron chi connectivity index (χ3n) is 2.42. The van der Waals surface area contributed by atoms with Crippen LogP contribution in [0.25, 0.3) is 0 Å². The molecule has 0 unspecified atom stereocenters. The van der Waals surface area contributed by atoms with E-state index < -0.39 is 0 Å². The monoisotopic (exact) mass is 192 g/mol. The molecule has 0 bridgehead atoms. The van der Waals surface area contributed by atoms with Crippen molar-refractivity contribution in [3.8, 4) is 0 Å². The van der Waals surface area contributed by atoms with Crippen molar-refractivity contribution in [2.45, 2.75) is 19.8 Å². The molecule has 0 aromatic heterocycles. The standard InChI is InChI=1S/C12H20N2/c1-10-6-7-11(5-4-8-13)9-12(10)14(2)3/h6-7,9H,4-5,8,13H2,1-3H3. The van der Waals surface area contributed by atoms with Crippen LogP contribution in [0.15, 0.2) is 18.2 Å². The molecule has 0 radical (unpaired) electrons. The zero-order chi connectivity index (χ0) is 10.6. The zero-order valence-electron chi connectivity index (χ0n) is 9.38. The fraction of sp³-hybridized carbons (Fsp3) is 0.500. The second-order valence-corrected chi connectivity index (χ2v) is 3.91. The van der Waals surface area contributed by atoms with Gasteiger partial charge in [-0.1, -0.05) is 12.1 Å². The van der Waals surface area contributed by atoms with Gasteiger partial charge in [-0.15, -0.1) is 0 Å². The highest BCUT2D eigenvalue weighted by atomic mass is 15.1. The molecule has 78 valence electrons. The van der Waals surface area contributed by atoms with Crippen molar-refractivity contribution in [1.82, 2.24) is 0 Å². The number of hydrogen-bond acceptors (Lipinski definition) is 2. The first-order chi connectivity index (χ1) is 6.65. The Morgan fingerprint density at radius 3 is 2.57 bits per heavy atom. The Hall–Kier alpha value is -1.02. The first-order valence-electron chi connectivity index (χ1n) is 5.12. The summed E-state index contributed by atoms with van der Waals surface area (Å²) in [6.45, 7) is 2.91. The Morgan fingerprint density at radius 2 is 2.00 bits per heavy atom. The van der Waals surface area contributed by atoms with Gasteiger partial charge in [-0.05, 0) is 43.5 Å². The minimum absolute atomic E-state index is 0.769. The lowest BCUT2D eigenvalue weighted by Crippen LogP contribution is -2.10. The van der Waals surface area contributed by atoms with E-state index in [0.717, 1.165) is 19.4 Å². The molecule has 0 aliphatic heterocycles. The van der Waals surface area contributed by atoms with Crippen LogP contribution in [0.5, 0.6) is 0 Å². The van der Waals surface area contributed by atoms with Crippen LogP contribution in [0.1, 0.15) is 17.5 Å². The van der Waals surface area contributed by atoms with Crippen LogP contribution in [0.4, 0.5) is 5.69 Å². The van der Waals surface area contributed by atoms with E-state index in [1.54, 1.807) is 0 Å². The third-order valence-corrected chi connectivity index (χ3v) is 2.42. The number of hydrogen-bond donors (Lipinski definition) is 1. The van der Waals surface area contributed by atoms with E-state index >= 15 is 0 Å². The Labute approximate surface area is 86.7 Å². The molecule has 0 atom stereocenters. The number of benzene rings is 1. The first-order valence-corrected chi connectivity index (χ1v) is 5.12. The molecule has 0 fully saturated rings. The van der Waals surface area contributed by atoms with E-state index in [4.69, 9.17) is 5.73 Å². The lowest BCUT2D eigenvalue weighted by Gasteiger charge is -2.16. The van der Waals surface area contributed by atoms with Crippen molar-refractivity contribution in [3.05, 3.63) is 29.3 Å². The summed E-state index contributed by atoms with van der Waals surface area (Å²) in [5, 5.41) is 0. The molecule has 2 nitrogen and oxygen atoms in total. The molecule has 1 rings (SSSR count). The molecule has 1 aromatic carbocycles. The normalized spacial score (nSPS) is 10.3. The van der Waals surface area contributed by atoms with Crippen molar-refractivity contribution in [2.24, 2.45) is 5.73 Å². The SMILES string of the molecule is Cc1ccc(CCCN)cc1N(C)C. The molecule has 14 heavy (non-hydrogen) atoms. The predicted molar refractivity (Wildman–Crippen MR) is 62.9 cm³/mol. The Kier molecular flexibility index (Phi) is 3.96. The van der Waals surface area contributed by atoms with E-state index in [0.29, 0.717) is 0 Å². The maximum atomic E-state index is 5.49. The van der Waals surface area contributed by atoms with Crippen LogP contribution in [0.2, 0.25) is 0 Å². The second kappa shape index (κ2) is 5.01. The van der Waals surface area contributed by atoms with E-state index in [1.807, 2.05) is 0 Å². The highest BCUT2D eigenvalue weighted by Crippen LogP contribution is 2.20. The lowest BCUT2D eigenvalue weighted by molar-refractivity contribution is 0.832. The number of nitrogens with two attached hydrogens (primary N) is 1. The van der Waals surface area contributed by atoms with E-state index in [-0.39, 0.29) is 0 Å². The van der Waals surface area contributed by atoms with Gasteiger partial charge in [0.05, 0.1) is 0 Å². The lowest BCUT2D eigenvalue weighted by atomic mass is 10.1. The van der Waals surface area contributed by atoms with E-state index in [2.05, 4.69) is 44.1 Å². The summed E-state index contributed by atoms with van der Waals surface area (Å²) in [4.78, 5) is 2.15. The topological polar surface area (TPSA) is 29.3 Å². The second-order valence-electron chi connectivity index (χ2n) is 3.91. The summed E-state index contributed by atoms with van der Waals surface area (Å²) in [6, 6.07) is 6.63. The maximum Gasteiger partial charge on any atom is 0.0393 e. The van der Waals surface area contributed by atoms with Crippen LogP contribution in [0.3, 0.4) is 0 Å². The fourth-order valence-electron chi connectivity index (χ4n) is 1.60. The summed E-state index contributed by atoms with van der Waals surface area (Å²) < 4.78 is 0. The first kappa shape index (κ1) is 11.1. The van der Waals surface area contributed by atoms with Gasteiger partial charge in [0.2, 0.25) is 0 Å². The largest absolute Gasteiger partial charge is 0.377 e. The molecule has 2 N–H and O–H groups in total. The van der Waals surface area contributed by atoms with Gasteiger partial charge in [-0.2, -0.15) is 0 Å². The van der Waals surface area contributed by atoms with Crippen molar-refractivity contribution in [2.75, 3.05) is 25.5 Å². The van der Waals surface area contributed by atoms with Gasteiger partial charge >= 0.3 is 0 Å². The Bertz CT molecular complexity index is 292. The van der Waals surface area contributed by atoms with Crippen LogP contribution < -0.4 is 10.6 Å². The summed E-state index contributed by atoms with van der Waals surface area (Å²) in [6.07, 6.45) is 2.15. The van der Waals surface area contributed by atoms with Gasteiger partial charge < -0.3 is 10.6 Å². The molecule has 1 aromatic rings. The highest BCUT2D eigenvalue weighted by molar-refractivity contribution is 5.53. The molecule has 0 saturated carbocycles. The summed E-state index contributed by atoms with van der Waals surface area (Å²) in [5.74, 6) is 0. The van der Waals surface area contributed by atoms with Crippen molar-refractivity contribution >= 4 is 5.69 Å². The molecule has 0 saturated heterocycles. The molecular weight excluding hydrogens is 172 g/mol. The highest BCUT2D eigenvalue weighted by Gasteiger charge is 2.01. The van der Waals surface area contributed by atoms with Crippen molar-refractivity contribution in [3.63, 3.8) is 0 Å². The average molecular weight is 192 g/mol. The third kappa shape index (κ3) is 2.74. The van der Waals surface area contributed by atoms with Crippen molar-refractivity contribution < 1.29 is 0 Å². The number of aryl methyl sites for hydroxylation is 2. The average Bonchev–Trinajstić information content (AvgIpc) is 2.16. The molecule has 0 aliphatic rings. The molecule has 0 aliphatic carbocycles. The van der Waals surface area contributed by atoms with Crippen LogP contribution >= 0.6 is 0 Å². The number of rotatable bonds is 4. The van der Waals surface area contributed by atoms with E-state index in [9.17, 15) is 0 Å². The minimum atomic E-state index is 0.769. The van der Waals surface area contributed by atoms with Gasteiger partial charge in [-0.25, -0.2) is 0 Å². The maximum absolute atomic E-state index is 5.49. The van der Waals surface area contributed by atoms with Gasteiger partial charge in [-0.3, -0.25) is 0 Å². The fourth-order valence-corrected chi connectivity index (χ4v) is 1.60. The molecular formula is C12H20N2. The van der Waals surface area contributed by atoms with Crippen LogP contribution in [-0.4, -0.2) is 20.6 Å². The minimum Gasteiger partial charge on any atom is -0.377 e.